The van der Waals surface area contributed by atoms with Crippen molar-refractivity contribution >= 4 is 10.0 Å². The molecule has 9 heteroatoms. The molecule has 0 saturated carbocycles. The zero-order chi connectivity index (χ0) is 18.6. The Kier molecular flexibility index (Phi) is 5.19. The highest BCUT2D eigenvalue weighted by atomic mass is 32.2. The molecule has 0 saturated heterocycles. The van der Waals surface area contributed by atoms with Crippen LogP contribution >= 0.6 is 0 Å². The standard InChI is InChI=1S/C17H17N3O5S/c1-23-12-8-9-14(15(10-12)24-2)17-19-16(25-20-17)11-18-26(21,22)13-6-4-3-5-7-13/h3-10,18H,11H2,1-2H3. The number of sulfonamides is 1. The van der Waals surface area contributed by atoms with Crippen molar-refractivity contribution in [3.63, 3.8) is 0 Å². The van der Waals surface area contributed by atoms with Crippen LogP contribution < -0.4 is 14.2 Å². The Balaban J connectivity index is 1.77. The van der Waals surface area contributed by atoms with E-state index in [-0.39, 0.29) is 17.3 Å². The van der Waals surface area contributed by atoms with Gasteiger partial charge < -0.3 is 14.0 Å². The smallest absolute Gasteiger partial charge is 0.242 e. The van der Waals surface area contributed by atoms with E-state index >= 15 is 0 Å². The van der Waals surface area contributed by atoms with Gasteiger partial charge in [0.25, 0.3) is 0 Å². The van der Waals surface area contributed by atoms with Gasteiger partial charge in [-0.2, -0.15) is 4.98 Å². The number of benzene rings is 2. The summed E-state index contributed by atoms with van der Waals surface area (Å²) in [4.78, 5) is 4.38. The first kappa shape index (κ1) is 17.9. The maximum atomic E-state index is 12.2. The summed E-state index contributed by atoms with van der Waals surface area (Å²) in [5, 5.41) is 3.88. The summed E-state index contributed by atoms with van der Waals surface area (Å²) in [5.74, 6) is 1.57. The quantitative estimate of drug-likeness (QED) is 0.675. The maximum absolute atomic E-state index is 12.2. The van der Waals surface area contributed by atoms with Gasteiger partial charge in [-0.3, -0.25) is 0 Å². The Morgan fingerprint density at radius 3 is 2.54 bits per heavy atom. The second kappa shape index (κ2) is 7.54. The molecule has 3 rings (SSSR count). The van der Waals surface area contributed by atoms with Crippen LogP contribution in [0.5, 0.6) is 11.5 Å². The van der Waals surface area contributed by atoms with E-state index in [0.29, 0.717) is 22.9 Å². The topological polar surface area (TPSA) is 104 Å². The molecule has 0 aliphatic rings. The third-order valence-corrected chi connectivity index (χ3v) is 5.00. The Morgan fingerprint density at radius 1 is 1.08 bits per heavy atom. The molecule has 0 bridgehead atoms. The van der Waals surface area contributed by atoms with Crippen molar-refractivity contribution in [2.75, 3.05) is 14.2 Å². The molecular formula is C17H17N3O5S. The molecule has 3 aromatic rings. The minimum Gasteiger partial charge on any atom is -0.497 e. The van der Waals surface area contributed by atoms with Gasteiger partial charge in [-0.05, 0) is 24.3 Å². The largest absolute Gasteiger partial charge is 0.497 e. The summed E-state index contributed by atoms with van der Waals surface area (Å²) < 4.78 is 42.5. The zero-order valence-electron chi connectivity index (χ0n) is 14.2. The van der Waals surface area contributed by atoms with Gasteiger partial charge in [0.2, 0.25) is 21.7 Å². The number of nitrogens with zero attached hydrogens (tertiary/aromatic N) is 2. The van der Waals surface area contributed by atoms with Crippen molar-refractivity contribution in [3.8, 4) is 22.9 Å². The van der Waals surface area contributed by atoms with Crippen LogP contribution in [0.15, 0.2) is 57.9 Å². The van der Waals surface area contributed by atoms with E-state index in [1.54, 1.807) is 43.5 Å². The highest BCUT2D eigenvalue weighted by molar-refractivity contribution is 7.89. The summed E-state index contributed by atoms with van der Waals surface area (Å²) >= 11 is 0. The Morgan fingerprint density at radius 2 is 1.85 bits per heavy atom. The van der Waals surface area contributed by atoms with Crippen LogP contribution in [0, 0.1) is 0 Å². The molecule has 1 aromatic heterocycles. The highest BCUT2D eigenvalue weighted by Gasteiger charge is 2.17. The average Bonchev–Trinajstić information content (AvgIpc) is 3.15. The normalized spacial score (nSPS) is 11.3. The van der Waals surface area contributed by atoms with Gasteiger partial charge in [-0.25, -0.2) is 13.1 Å². The van der Waals surface area contributed by atoms with Crippen molar-refractivity contribution in [1.29, 1.82) is 0 Å². The van der Waals surface area contributed by atoms with Crippen LogP contribution in [0.1, 0.15) is 5.89 Å². The second-order valence-corrected chi connectivity index (χ2v) is 6.98. The summed E-state index contributed by atoms with van der Waals surface area (Å²) in [5.41, 5.74) is 0.606. The SMILES string of the molecule is COc1ccc(-c2noc(CNS(=O)(=O)c3ccccc3)n2)c(OC)c1. The number of rotatable bonds is 7. The predicted molar refractivity (Wildman–Crippen MR) is 93.3 cm³/mol. The molecule has 8 nitrogen and oxygen atoms in total. The molecule has 0 fully saturated rings. The lowest BCUT2D eigenvalue weighted by atomic mass is 10.2. The fourth-order valence-corrected chi connectivity index (χ4v) is 3.25. The Bertz CT molecular complexity index is 987. The van der Waals surface area contributed by atoms with E-state index in [4.69, 9.17) is 14.0 Å². The van der Waals surface area contributed by atoms with Crippen LogP contribution in [0.25, 0.3) is 11.4 Å². The zero-order valence-corrected chi connectivity index (χ0v) is 15.0. The van der Waals surface area contributed by atoms with Crippen LogP contribution in [0.2, 0.25) is 0 Å². The van der Waals surface area contributed by atoms with Crippen molar-refractivity contribution < 1.29 is 22.4 Å². The third kappa shape index (κ3) is 3.84. The number of ether oxygens (including phenoxy) is 2. The van der Waals surface area contributed by atoms with Gasteiger partial charge in [-0.15, -0.1) is 0 Å². The maximum Gasteiger partial charge on any atom is 0.242 e. The summed E-state index contributed by atoms with van der Waals surface area (Å²) in [6.07, 6.45) is 0. The molecule has 0 unspecified atom stereocenters. The molecule has 0 aliphatic heterocycles. The minimum absolute atomic E-state index is 0.122. The van der Waals surface area contributed by atoms with Crippen molar-refractivity contribution in [3.05, 3.63) is 54.4 Å². The van der Waals surface area contributed by atoms with Gasteiger partial charge in [0.15, 0.2) is 0 Å². The lowest BCUT2D eigenvalue weighted by molar-refractivity contribution is 0.375. The fourth-order valence-electron chi connectivity index (χ4n) is 2.26. The van der Waals surface area contributed by atoms with E-state index in [2.05, 4.69) is 14.9 Å². The van der Waals surface area contributed by atoms with Gasteiger partial charge in [-0.1, -0.05) is 23.4 Å². The minimum atomic E-state index is -3.65. The van der Waals surface area contributed by atoms with Gasteiger partial charge in [0.1, 0.15) is 11.5 Å². The fraction of sp³-hybridized carbons (Fsp3) is 0.176. The molecule has 2 aromatic carbocycles. The molecule has 1 heterocycles. The number of hydrogen-bond acceptors (Lipinski definition) is 7. The Labute approximate surface area is 150 Å². The third-order valence-electron chi connectivity index (χ3n) is 3.58. The van der Waals surface area contributed by atoms with Crippen LogP contribution in [-0.4, -0.2) is 32.8 Å². The van der Waals surface area contributed by atoms with Crippen molar-refractivity contribution in [2.24, 2.45) is 0 Å². The second-order valence-electron chi connectivity index (χ2n) is 5.22. The molecule has 0 radical (unpaired) electrons. The van der Waals surface area contributed by atoms with Crippen molar-refractivity contribution in [2.45, 2.75) is 11.4 Å². The van der Waals surface area contributed by atoms with E-state index in [9.17, 15) is 8.42 Å². The van der Waals surface area contributed by atoms with E-state index < -0.39 is 10.0 Å². The summed E-state index contributed by atoms with van der Waals surface area (Å²) in [6.45, 7) is -0.122. The molecule has 136 valence electrons. The van der Waals surface area contributed by atoms with Crippen LogP contribution in [0.4, 0.5) is 0 Å². The highest BCUT2D eigenvalue weighted by Crippen LogP contribution is 2.31. The Hall–Kier alpha value is -2.91. The lowest BCUT2D eigenvalue weighted by Crippen LogP contribution is -2.23. The summed E-state index contributed by atoms with van der Waals surface area (Å²) in [6, 6.07) is 13.2. The first-order valence-corrected chi connectivity index (χ1v) is 9.11. The number of methoxy groups -OCH3 is 2. The molecule has 1 N–H and O–H groups in total. The number of nitrogens with one attached hydrogen (secondary N) is 1. The lowest BCUT2D eigenvalue weighted by Gasteiger charge is -2.07. The monoisotopic (exact) mass is 375 g/mol. The predicted octanol–water partition coefficient (Wildman–Crippen LogP) is 2.23. The average molecular weight is 375 g/mol. The first-order valence-electron chi connectivity index (χ1n) is 7.63. The number of aromatic nitrogens is 2. The molecule has 26 heavy (non-hydrogen) atoms. The van der Waals surface area contributed by atoms with Crippen LogP contribution in [0.3, 0.4) is 0 Å². The van der Waals surface area contributed by atoms with E-state index in [1.807, 2.05) is 0 Å². The molecule has 0 aliphatic carbocycles. The van der Waals surface area contributed by atoms with Gasteiger partial charge in [0, 0.05) is 6.07 Å². The van der Waals surface area contributed by atoms with Crippen molar-refractivity contribution in [1.82, 2.24) is 14.9 Å². The molecule has 0 spiro atoms. The molecule has 0 atom stereocenters. The summed E-state index contributed by atoms with van der Waals surface area (Å²) in [7, 11) is -0.578. The molecule has 0 amide bonds. The van der Waals surface area contributed by atoms with E-state index in [0.717, 1.165) is 0 Å². The van der Waals surface area contributed by atoms with Gasteiger partial charge in [0.05, 0.1) is 31.2 Å². The van der Waals surface area contributed by atoms with Crippen LogP contribution in [-0.2, 0) is 16.6 Å². The number of hydrogen-bond donors (Lipinski definition) is 1. The molecular weight excluding hydrogens is 358 g/mol. The van der Waals surface area contributed by atoms with Gasteiger partial charge >= 0.3 is 0 Å². The first-order chi connectivity index (χ1) is 12.5. The van der Waals surface area contributed by atoms with E-state index in [1.165, 1.54) is 19.2 Å².